The van der Waals surface area contributed by atoms with Crippen LogP contribution in [-0.2, 0) is 0 Å². The Balaban J connectivity index is 2.03. The molecule has 0 saturated heterocycles. The molecule has 1 unspecified atom stereocenters. The highest BCUT2D eigenvalue weighted by atomic mass is 32.2. The van der Waals surface area contributed by atoms with Crippen molar-refractivity contribution in [3.63, 3.8) is 0 Å². The van der Waals surface area contributed by atoms with Crippen LogP contribution in [0.1, 0.15) is 39.0 Å². The predicted molar refractivity (Wildman–Crippen MR) is 66.7 cm³/mol. The maximum Gasteiger partial charge on any atom is 0.276 e. The van der Waals surface area contributed by atoms with Crippen LogP contribution in [0.5, 0.6) is 0 Å². The van der Waals surface area contributed by atoms with Gasteiger partial charge in [-0.1, -0.05) is 18.7 Å². The minimum Gasteiger partial charge on any atom is -0.416 e. The van der Waals surface area contributed by atoms with Crippen LogP contribution in [0.4, 0.5) is 0 Å². The molecular formula is C11H21N3OS. The SMILES string of the molecule is CCCNC(C)CCCSc1nnc(C)o1. The molecule has 0 aromatic carbocycles. The van der Waals surface area contributed by atoms with E-state index in [1.807, 2.05) is 6.92 Å². The molecule has 0 aliphatic rings. The fourth-order valence-electron chi connectivity index (χ4n) is 1.38. The summed E-state index contributed by atoms with van der Waals surface area (Å²) in [6.07, 6.45) is 3.56. The summed E-state index contributed by atoms with van der Waals surface area (Å²) in [7, 11) is 0. The average Bonchev–Trinajstić information content (AvgIpc) is 2.67. The van der Waals surface area contributed by atoms with Gasteiger partial charge in [0.05, 0.1) is 0 Å². The monoisotopic (exact) mass is 243 g/mol. The molecule has 0 fully saturated rings. The summed E-state index contributed by atoms with van der Waals surface area (Å²) in [5, 5.41) is 11.9. The molecule has 0 aliphatic carbocycles. The second-order valence-corrected chi connectivity index (χ2v) is 4.98. The Kier molecular flexibility index (Phi) is 6.49. The van der Waals surface area contributed by atoms with Gasteiger partial charge in [-0.3, -0.25) is 0 Å². The van der Waals surface area contributed by atoms with E-state index in [0.29, 0.717) is 17.2 Å². The third-order valence-corrected chi connectivity index (χ3v) is 3.16. The molecule has 0 bridgehead atoms. The normalized spacial score (nSPS) is 12.9. The largest absolute Gasteiger partial charge is 0.416 e. The summed E-state index contributed by atoms with van der Waals surface area (Å²) in [5.41, 5.74) is 0. The van der Waals surface area contributed by atoms with E-state index in [4.69, 9.17) is 4.42 Å². The van der Waals surface area contributed by atoms with E-state index in [0.717, 1.165) is 12.3 Å². The molecule has 1 aromatic heterocycles. The summed E-state index contributed by atoms with van der Waals surface area (Å²) in [5.74, 6) is 1.68. The van der Waals surface area contributed by atoms with Gasteiger partial charge in [-0.25, -0.2) is 0 Å². The maximum absolute atomic E-state index is 5.28. The number of thioether (sulfide) groups is 1. The van der Waals surface area contributed by atoms with Crippen molar-refractivity contribution in [2.75, 3.05) is 12.3 Å². The molecule has 1 heterocycles. The zero-order valence-electron chi connectivity index (χ0n) is 10.3. The van der Waals surface area contributed by atoms with Gasteiger partial charge in [-0.05, 0) is 32.7 Å². The van der Waals surface area contributed by atoms with Gasteiger partial charge in [0.1, 0.15) is 0 Å². The van der Waals surface area contributed by atoms with Crippen molar-refractivity contribution in [3.05, 3.63) is 5.89 Å². The Morgan fingerprint density at radius 2 is 2.25 bits per heavy atom. The Morgan fingerprint density at radius 1 is 1.44 bits per heavy atom. The minimum absolute atomic E-state index is 0.602. The van der Waals surface area contributed by atoms with Crippen molar-refractivity contribution in [1.82, 2.24) is 15.5 Å². The lowest BCUT2D eigenvalue weighted by Gasteiger charge is -2.11. The molecule has 1 atom stereocenters. The molecule has 0 saturated carbocycles. The number of rotatable bonds is 8. The van der Waals surface area contributed by atoms with E-state index < -0.39 is 0 Å². The highest BCUT2D eigenvalue weighted by Gasteiger charge is 2.04. The van der Waals surface area contributed by atoms with Crippen LogP contribution in [0.25, 0.3) is 0 Å². The first-order chi connectivity index (χ1) is 7.72. The van der Waals surface area contributed by atoms with Crippen molar-refractivity contribution >= 4 is 11.8 Å². The lowest BCUT2D eigenvalue weighted by molar-refractivity contribution is 0.429. The molecule has 16 heavy (non-hydrogen) atoms. The fraction of sp³-hybridized carbons (Fsp3) is 0.818. The van der Waals surface area contributed by atoms with Crippen LogP contribution in [0.3, 0.4) is 0 Å². The first kappa shape index (κ1) is 13.5. The predicted octanol–water partition coefficient (Wildman–Crippen LogP) is 2.64. The smallest absolute Gasteiger partial charge is 0.276 e. The Labute approximate surface area is 102 Å². The van der Waals surface area contributed by atoms with Crippen molar-refractivity contribution in [2.45, 2.75) is 51.3 Å². The number of nitrogens with zero attached hydrogens (tertiary/aromatic N) is 2. The Morgan fingerprint density at radius 3 is 2.88 bits per heavy atom. The van der Waals surface area contributed by atoms with Gasteiger partial charge in [-0.15, -0.1) is 10.2 Å². The molecule has 0 amide bonds. The summed E-state index contributed by atoms with van der Waals surface area (Å²) in [4.78, 5) is 0. The molecule has 0 spiro atoms. The highest BCUT2D eigenvalue weighted by Crippen LogP contribution is 2.17. The first-order valence-electron chi connectivity index (χ1n) is 5.88. The van der Waals surface area contributed by atoms with E-state index in [1.54, 1.807) is 11.8 Å². The number of aryl methyl sites for hydroxylation is 1. The van der Waals surface area contributed by atoms with Gasteiger partial charge in [0.25, 0.3) is 5.22 Å². The van der Waals surface area contributed by atoms with Crippen molar-refractivity contribution in [1.29, 1.82) is 0 Å². The highest BCUT2D eigenvalue weighted by molar-refractivity contribution is 7.99. The number of hydrogen-bond acceptors (Lipinski definition) is 5. The van der Waals surface area contributed by atoms with Crippen LogP contribution in [0, 0.1) is 6.92 Å². The van der Waals surface area contributed by atoms with E-state index in [-0.39, 0.29) is 0 Å². The van der Waals surface area contributed by atoms with Crippen LogP contribution < -0.4 is 5.32 Å². The maximum atomic E-state index is 5.28. The Hall–Kier alpha value is -0.550. The van der Waals surface area contributed by atoms with Gasteiger partial charge in [0.2, 0.25) is 5.89 Å². The summed E-state index contributed by atoms with van der Waals surface area (Å²) < 4.78 is 5.28. The van der Waals surface area contributed by atoms with Crippen LogP contribution in [0.2, 0.25) is 0 Å². The second-order valence-electron chi connectivity index (χ2n) is 3.93. The molecule has 1 N–H and O–H groups in total. The molecule has 1 rings (SSSR count). The number of nitrogens with one attached hydrogen (secondary N) is 1. The van der Waals surface area contributed by atoms with Gasteiger partial charge < -0.3 is 9.73 Å². The van der Waals surface area contributed by atoms with E-state index in [2.05, 4.69) is 29.4 Å². The lowest BCUT2D eigenvalue weighted by atomic mass is 10.2. The quantitative estimate of drug-likeness (QED) is 0.562. The lowest BCUT2D eigenvalue weighted by Crippen LogP contribution is -2.26. The standard InChI is InChI=1S/C11H21N3OS/c1-4-7-12-9(2)6-5-8-16-11-14-13-10(3)15-11/h9,12H,4-8H2,1-3H3. The molecular weight excluding hydrogens is 222 g/mol. The fourth-order valence-corrected chi connectivity index (χ4v) is 2.14. The van der Waals surface area contributed by atoms with Crippen LogP contribution in [-0.4, -0.2) is 28.5 Å². The van der Waals surface area contributed by atoms with E-state index in [1.165, 1.54) is 19.3 Å². The topological polar surface area (TPSA) is 51.0 Å². The molecule has 1 aromatic rings. The van der Waals surface area contributed by atoms with Crippen molar-refractivity contribution < 1.29 is 4.42 Å². The first-order valence-corrected chi connectivity index (χ1v) is 6.87. The molecule has 0 aliphatic heterocycles. The van der Waals surface area contributed by atoms with Gasteiger partial charge >= 0.3 is 0 Å². The zero-order chi connectivity index (χ0) is 11.8. The zero-order valence-corrected chi connectivity index (χ0v) is 11.1. The van der Waals surface area contributed by atoms with Gasteiger partial charge in [-0.2, -0.15) is 0 Å². The van der Waals surface area contributed by atoms with Crippen LogP contribution >= 0.6 is 11.8 Å². The molecule has 4 nitrogen and oxygen atoms in total. The summed E-state index contributed by atoms with van der Waals surface area (Å²) >= 11 is 1.64. The molecule has 92 valence electrons. The summed E-state index contributed by atoms with van der Waals surface area (Å²) in [6.45, 7) is 7.34. The third kappa shape index (κ3) is 5.51. The van der Waals surface area contributed by atoms with Gasteiger partial charge in [0.15, 0.2) is 0 Å². The average molecular weight is 243 g/mol. The minimum atomic E-state index is 0.602. The van der Waals surface area contributed by atoms with E-state index >= 15 is 0 Å². The molecule has 0 radical (unpaired) electrons. The molecule has 5 heteroatoms. The number of hydrogen-bond donors (Lipinski definition) is 1. The Bertz CT molecular complexity index is 291. The number of aromatic nitrogens is 2. The third-order valence-electron chi connectivity index (χ3n) is 2.26. The summed E-state index contributed by atoms with van der Waals surface area (Å²) in [6, 6.07) is 0.602. The van der Waals surface area contributed by atoms with Crippen molar-refractivity contribution in [3.8, 4) is 0 Å². The van der Waals surface area contributed by atoms with Crippen LogP contribution in [0.15, 0.2) is 9.64 Å². The second kappa shape index (κ2) is 7.68. The van der Waals surface area contributed by atoms with E-state index in [9.17, 15) is 0 Å². The van der Waals surface area contributed by atoms with Gasteiger partial charge in [0, 0.05) is 18.7 Å². The van der Waals surface area contributed by atoms with Crippen molar-refractivity contribution in [2.24, 2.45) is 0 Å².